The van der Waals surface area contributed by atoms with Gasteiger partial charge in [-0.3, -0.25) is 9.59 Å². The maximum absolute atomic E-state index is 12.9. The van der Waals surface area contributed by atoms with E-state index in [1.165, 1.54) is 12.1 Å². The molecule has 3 rings (SSSR count). The van der Waals surface area contributed by atoms with Gasteiger partial charge in [0, 0.05) is 13.1 Å². The predicted octanol–water partition coefficient (Wildman–Crippen LogP) is 2.49. The SMILES string of the molecule is COc1ccc(CCNC(=O)C2CC2C(=O)NCCc2ccc(F)cc2)cc1. The van der Waals surface area contributed by atoms with E-state index in [-0.39, 0.29) is 29.5 Å². The van der Waals surface area contributed by atoms with Gasteiger partial charge in [0.15, 0.2) is 0 Å². The number of carbonyl (C=O) groups excluding carboxylic acids is 2. The molecule has 2 amide bonds. The number of carbonyl (C=O) groups is 2. The van der Waals surface area contributed by atoms with E-state index in [1.54, 1.807) is 19.2 Å². The Morgan fingerprint density at radius 2 is 1.36 bits per heavy atom. The van der Waals surface area contributed by atoms with E-state index in [2.05, 4.69) is 10.6 Å². The second-order valence-electron chi connectivity index (χ2n) is 7.01. The Balaban J connectivity index is 1.32. The van der Waals surface area contributed by atoms with E-state index in [9.17, 15) is 14.0 Å². The second-order valence-corrected chi connectivity index (χ2v) is 7.01. The molecule has 0 spiro atoms. The number of halogens is 1. The lowest BCUT2D eigenvalue weighted by molar-refractivity contribution is -0.127. The fraction of sp³-hybridized carbons (Fsp3) is 0.364. The largest absolute Gasteiger partial charge is 0.497 e. The van der Waals surface area contributed by atoms with Crippen LogP contribution in [-0.2, 0) is 22.4 Å². The summed E-state index contributed by atoms with van der Waals surface area (Å²) in [5.74, 6) is -0.0915. The van der Waals surface area contributed by atoms with Crippen molar-refractivity contribution in [3.63, 3.8) is 0 Å². The van der Waals surface area contributed by atoms with Crippen LogP contribution in [0.5, 0.6) is 5.75 Å². The van der Waals surface area contributed by atoms with Crippen LogP contribution in [0.3, 0.4) is 0 Å². The van der Waals surface area contributed by atoms with Gasteiger partial charge in [0.25, 0.3) is 0 Å². The Bertz CT molecular complexity index is 806. The van der Waals surface area contributed by atoms with Crippen molar-refractivity contribution < 1.29 is 18.7 Å². The third-order valence-electron chi connectivity index (χ3n) is 4.96. The van der Waals surface area contributed by atoms with Crippen LogP contribution >= 0.6 is 0 Å². The molecule has 0 bridgehead atoms. The average Bonchev–Trinajstić information content (AvgIpc) is 3.51. The molecule has 1 fully saturated rings. The lowest BCUT2D eigenvalue weighted by atomic mass is 10.1. The lowest BCUT2D eigenvalue weighted by Gasteiger charge is -2.07. The van der Waals surface area contributed by atoms with Crippen LogP contribution in [0, 0.1) is 17.7 Å². The minimum atomic E-state index is -0.272. The Labute approximate surface area is 164 Å². The minimum absolute atomic E-state index is 0.0628. The number of hydrogen-bond acceptors (Lipinski definition) is 3. The van der Waals surface area contributed by atoms with Crippen LogP contribution < -0.4 is 15.4 Å². The Morgan fingerprint density at radius 3 is 1.82 bits per heavy atom. The molecule has 0 aromatic heterocycles. The zero-order chi connectivity index (χ0) is 19.9. The zero-order valence-electron chi connectivity index (χ0n) is 15.9. The van der Waals surface area contributed by atoms with Gasteiger partial charge in [-0.05, 0) is 54.7 Å². The van der Waals surface area contributed by atoms with E-state index in [0.717, 1.165) is 23.3 Å². The highest BCUT2D eigenvalue weighted by Crippen LogP contribution is 2.38. The van der Waals surface area contributed by atoms with Crippen molar-refractivity contribution in [3.8, 4) is 5.75 Å². The fourth-order valence-electron chi connectivity index (χ4n) is 3.14. The summed E-state index contributed by atoms with van der Waals surface area (Å²) in [7, 11) is 1.63. The first kappa shape index (κ1) is 19.9. The first-order chi connectivity index (χ1) is 13.6. The number of ether oxygens (including phenoxy) is 1. The number of hydrogen-bond donors (Lipinski definition) is 2. The molecule has 2 aromatic rings. The van der Waals surface area contributed by atoms with Crippen LogP contribution in [-0.4, -0.2) is 32.0 Å². The molecule has 5 nitrogen and oxygen atoms in total. The molecule has 1 aliphatic rings. The molecule has 0 radical (unpaired) electrons. The molecule has 2 N–H and O–H groups in total. The van der Waals surface area contributed by atoms with Gasteiger partial charge < -0.3 is 15.4 Å². The van der Waals surface area contributed by atoms with Crippen LogP contribution in [0.15, 0.2) is 48.5 Å². The van der Waals surface area contributed by atoms with Gasteiger partial charge in [0.1, 0.15) is 11.6 Å². The molecule has 2 unspecified atom stereocenters. The van der Waals surface area contributed by atoms with Crippen molar-refractivity contribution in [1.29, 1.82) is 0 Å². The molecule has 1 saturated carbocycles. The van der Waals surface area contributed by atoms with E-state index in [0.29, 0.717) is 25.9 Å². The van der Waals surface area contributed by atoms with E-state index in [1.807, 2.05) is 24.3 Å². The van der Waals surface area contributed by atoms with Crippen molar-refractivity contribution in [2.75, 3.05) is 20.2 Å². The minimum Gasteiger partial charge on any atom is -0.497 e. The molecular weight excluding hydrogens is 359 g/mol. The predicted molar refractivity (Wildman–Crippen MR) is 104 cm³/mol. The van der Waals surface area contributed by atoms with E-state index < -0.39 is 0 Å². The zero-order valence-corrected chi connectivity index (χ0v) is 15.9. The molecule has 148 valence electrons. The molecule has 2 aromatic carbocycles. The van der Waals surface area contributed by atoms with Gasteiger partial charge in [-0.1, -0.05) is 24.3 Å². The standard InChI is InChI=1S/C22H25FN2O3/c1-28-18-8-4-16(5-9-18)11-13-25-22(27)20-14-19(20)21(26)24-12-10-15-2-6-17(23)7-3-15/h2-9,19-20H,10-14H2,1H3,(H,24,26)(H,25,27). The van der Waals surface area contributed by atoms with Gasteiger partial charge in [-0.15, -0.1) is 0 Å². The van der Waals surface area contributed by atoms with Crippen molar-refractivity contribution >= 4 is 11.8 Å². The van der Waals surface area contributed by atoms with E-state index in [4.69, 9.17) is 4.74 Å². The molecule has 6 heteroatoms. The molecule has 0 saturated heterocycles. The molecule has 0 heterocycles. The number of nitrogens with one attached hydrogen (secondary N) is 2. The van der Waals surface area contributed by atoms with Crippen LogP contribution in [0.4, 0.5) is 4.39 Å². The molecule has 28 heavy (non-hydrogen) atoms. The number of benzene rings is 2. The maximum atomic E-state index is 12.9. The third kappa shape index (κ3) is 5.55. The summed E-state index contributed by atoms with van der Waals surface area (Å²) in [4.78, 5) is 24.3. The number of amides is 2. The summed E-state index contributed by atoms with van der Waals surface area (Å²) in [5, 5.41) is 5.77. The summed E-state index contributed by atoms with van der Waals surface area (Å²) >= 11 is 0. The summed E-state index contributed by atoms with van der Waals surface area (Å²) in [6.45, 7) is 1.02. The molecular formula is C22H25FN2O3. The monoisotopic (exact) mass is 384 g/mol. The molecule has 2 atom stereocenters. The van der Waals surface area contributed by atoms with Crippen LogP contribution in [0.25, 0.3) is 0 Å². The summed E-state index contributed by atoms with van der Waals surface area (Å²) < 4.78 is 18.0. The van der Waals surface area contributed by atoms with Gasteiger partial charge in [0.2, 0.25) is 11.8 Å². The Kier molecular flexibility index (Phi) is 6.63. The topological polar surface area (TPSA) is 67.4 Å². The van der Waals surface area contributed by atoms with Gasteiger partial charge >= 0.3 is 0 Å². The highest BCUT2D eigenvalue weighted by molar-refractivity contribution is 5.92. The second kappa shape index (κ2) is 9.35. The quantitative estimate of drug-likeness (QED) is 0.698. The van der Waals surface area contributed by atoms with Gasteiger partial charge in [-0.2, -0.15) is 0 Å². The Hall–Kier alpha value is -2.89. The highest BCUT2D eigenvalue weighted by atomic mass is 19.1. The lowest BCUT2D eigenvalue weighted by Crippen LogP contribution is -2.32. The summed E-state index contributed by atoms with van der Waals surface area (Å²) in [5.41, 5.74) is 2.08. The normalized spacial score (nSPS) is 17.6. The van der Waals surface area contributed by atoms with Crippen molar-refractivity contribution in [1.82, 2.24) is 10.6 Å². The van der Waals surface area contributed by atoms with Crippen LogP contribution in [0.1, 0.15) is 17.5 Å². The first-order valence-electron chi connectivity index (χ1n) is 9.49. The van der Waals surface area contributed by atoms with Crippen molar-refractivity contribution in [3.05, 3.63) is 65.5 Å². The fourth-order valence-corrected chi connectivity index (χ4v) is 3.14. The summed E-state index contributed by atoms with van der Waals surface area (Å²) in [6, 6.07) is 14.0. The van der Waals surface area contributed by atoms with Gasteiger partial charge in [-0.25, -0.2) is 4.39 Å². The smallest absolute Gasteiger partial charge is 0.223 e. The Morgan fingerprint density at radius 1 is 0.893 bits per heavy atom. The van der Waals surface area contributed by atoms with Crippen LogP contribution in [0.2, 0.25) is 0 Å². The first-order valence-corrected chi connectivity index (χ1v) is 9.49. The number of rotatable bonds is 9. The van der Waals surface area contributed by atoms with Crippen molar-refractivity contribution in [2.24, 2.45) is 11.8 Å². The third-order valence-corrected chi connectivity index (χ3v) is 4.96. The molecule has 1 aliphatic carbocycles. The number of methoxy groups -OCH3 is 1. The van der Waals surface area contributed by atoms with Crippen molar-refractivity contribution in [2.45, 2.75) is 19.3 Å². The highest BCUT2D eigenvalue weighted by Gasteiger charge is 2.47. The summed E-state index contributed by atoms with van der Waals surface area (Å²) in [6.07, 6.45) is 1.96. The maximum Gasteiger partial charge on any atom is 0.223 e. The van der Waals surface area contributed by atoms with E-state index >= 15 is 0 Å². The van der Waals surface area contributed by atoms with Gasteiger partial charge in [0.05, 0.1) is 18.9 Å². The molecule has 0 aliphatic heterocycles. The average molecular weight is 384 g/mol.